The quantitative estimate of drug-likeness (QED) is 0.584. The Balaban J connectivity index is 0.00000289. The maximum absolute atomic E-state index is 14.6. The molecule has 8 nitrogen and oxygen atoms in total. The van der Waals surface area contributed by atoms with Gasteiger partial charge in [0.1, 0.15) is 17.3 Å². The molecule has 0 aliphatic carbocycles. The summed E-state index contributed by atoms with van der Waals surface area (Å²) < 4.78 is 14.6. The Labute approximate surface area is 180 Å². The highest BCUT2D eigenvalue weighted by Gasteiger charge is 2.23. The third-order valence-electron chi connectivity index (χ3n) is 4.83. The maximum atomic E-state index is 14.6. The standard InChI is InChI=1S/C22H22FN7O.H2/c1-13(2)30-21(27-28-29-30)19-7-4-8-20(25-19)26-22(31)17-11-16(14(3)10-18(17)23)15-6-5-9-24-12-15;/h4-13,28-29H,1-3H3,(H,25,26,31);1H. The van der Waals surface area contributed by atoms with Gasteiger partial charge in [-0.15, -0.1) is 10.6 Å². The minimum absolute atomic E-state index is 0. The number of pyridine rings is 2. The largest absolute Gasteiger partial charge is 0.306 e. The third kappa shape index (κ3) is 4.22. The van der Waals surface area contributed by atoms with Crippen molar-refractivity contribution in [3.63, 3.8) is 0 Å². The van der Waals surface area contributed by atoms with E-state index in [0.29, 0.717) is 17.3 Å². The number of hydrogen-bond acceptors (Lipinski definition) is 7. The Bertz CT molecular complexity index is 1150. The minimum atomic E-state index is -0.599. The molecule has 1 amide bonds. The van der Waals surface area contributed by atoms with Gasteiger partial charge in [-0.3, -0.25) is 14.8 Å². The average Bonchev–Trinajstić information content (AvgIpc) is 3.25. The van der Waals surface area contributed by atoms with Crippen LogP contribution in [0.15, 0.2) is 60.0 Å². The van der Waals surface area contributed by atoms with Crippen LogP contribution in [0.5, 0.6) is 0 Å². The molecule has 3 heterocycles. The van der Waals surface area contributed by atoms with Crippen molar-refractivity contribution in [2.24, 2.45) is 5.10 Å². The molecule has 0 bridgehead atoms. The summed E-state index contributed by atoms with van der Waals surface area (Å²) in [6.07, 6.45) is 3.34. The molecule has 0 fully saturated rings. The monoisotopic (exact) mass is 421 g/mol. The van der Waals surface area contributed by atoms with Gasteiger partial charge in [-0.05, 0) is 62.2 Å². The summed E-state index contributed by atoms with van der Waals surface area (Å²) in [5.74, 6) is -0.300. The number of hydrazone groups is 1. The van der Waals surface area contributed by atoms with Crippen LogP contribution in [0, 0.1) is 12.7 Å². The number of aromatic nitrogens is 2. The van der Waals surface area contributed by atoms with Gasteiger partial charge >= 0.3 is 0 Å². The zero-order chi connectivity index (χ0) is 22.0. The first-order valence-electron chi connectivity index (χ1n) is 9.81. The number of anilines is 1. The van der Waals surface area contributed by atoms with Crippen molar-refractivity contribution in [3.8, 4) is 11.1 Å². The lowest BCUT2D eigenvalue weighted by molar-refractivity contribution is 0.102. The van der Waals surface area contributed by atoms with Gasteiger partial charge in [0, 0.05) is 25.4 Å². The molecule has 0 atom stereocenters. The van der Waals surface area contributed by atoms with Crippen LogP contribution in [0.1, 0.15) is 36.9 Å². The second-order valence-corrected chi connectivity index (χ2v) is 7.37. The molecule has 1 aromatic carbocycles. The predicted molar refractivity (Wildman–Crippen MR) is 118 cm³/mol. The van der Waals surface area contributed by atoms with Gasteiger partial charge < -0.3 is 5.32 Å². The van der Waals surface area contributed by atoms with Gasteiger partial charge in [0.25, 0.3) is 5.91 Å². The van der Waals surface area contributed by atoms with Crippen molar-refractivity contribution >= 4 is 17.6 Å². The second-order valence-electron chi connectivity index (χ2n) is 7.37. The molecule has 4 rings (SSSR count). The molecule has 0 spiro atoms. The van der Waals surface area contributed by atoms with Crippen LogP contribution in [0.2, 0.25) is 0 Å². The summed E-state index contributed by atoms with van der Waals surface area (Å²) in [4.78, 5) is 21.4. The van der Waals surface area contributed by atoms with E-state index in [2.05, 4.69) is 31.5 Å². The molecule has 0 radical (unpaired) electrons. The molecular formula is C22H24FN7O. The Morgan fingerprint density at radius 3 is 2.81 bits per heavy atom. The van der Waals surface area contributed by atoms with Crippen LogP contribution < -0.4 is 16.4 Å². The predicted octanol–water partition coefficient (Wildman–Crippen LogP) is 3.48. The zero-order valence-corrected chi connectivity index (χ0v) is 17.3. The number of carbonyl (C=O) groups is 1. The number of aryl methyl sites for hydroxylation is 1. The van der Waals surface area contributed by atoms with E-state index in [1.807, 2.05) is 24.9 Å². The number of rotatable bonds is 5. The van der Waals surface area contributed by atoms with E-state index in [9.17, 15) is 9.18 Å². The van der Waals surface area contributed by atoms with Gasteiger partial charge in [-0.2, -0.15) is 0 Å². The topological polar surface area (TPSA) is 94.5 Å². The number of benzene rings is 1. The van der Waals surface area contributed by atoms with E-state index < -0.39 is 11.7 Å². The smallest absolute Gasteiger partial charge is 0.259 e. The van der Waals surface area contributed by atoms with E-state index in [4.69, 9.17) is 0 Å². The van der Waals surface area contributed by atoms with Crippen LogP contribution in [0.3, 0.4) is 0 Å². The molecule has 160 valence electrons. The third-order valence-corrected chi connectivity index (χ3v) is 4.83. The first kappa shape index (κ1) is 20.4. The van der Waals surface area contributed by atoms with E-state index in [1.54, 1.807) is 43.6 Å². The molecule has 0 saturated heterocycles. The van der Waals surface area contributed by atoms with E-state index in [-0.39, 0.29) is 13.0 Å². The number of amides is 1. The van der Waals surface area contributed by atoms with E-state index in [1.165, 1.54) is 12.1 Å². The summed E-state index contributed by atoms with van der Waals surface area (Å²) in [5.41, 5.74) is 8.39. The number of carbonyl (C=O) groups excluding carboxylic acids is 1. The lowest BCUT2D eigenvalue weighted by atomic mass is 9.98. The van der Waals surface area contributed by atoms with Crippen LogP contribution in [-0.2, 0) is 0 Å². The number of nitrogens with zero attached hydrogens (tertiary/aromatic N) is 4. The molecular weight excluding hydrogens is 397 g/mol. The molecule has 31 heavy (non-hydrogen) atoms. The van der Waals surface area contributed by atoms with Crippen molar-refractivity contribution in [3.05, 3.63) is 77.5 Å². The Kier molecular flexibility index (Phi) is 5.59. The summed E-state index contributed by atoms with van der Waals surface area (Å²) in [5, 5.41) is 8.69. The summed E-state index contributed by atoms with van der Waals surface area (Å²) >= 11 is 0. The van der Waals surface area contributed by atoms with E-state index in [0.717, 1.165) is 16.7 Å². The molecule has 2 aromatic heterocycles. The Hall–Kier alpha value is -3.85. The minimum Gasteiger partial charge on any atom is -0.306 e. The van der Waals surface area contributed by atoms with Crippen molar-refractivity contribution < 1.29 is 10.6 Å². The first-order chi connectivity index (χ1) is 14.9. The van der Waals surface area contributed by atoms with Gasteiger partial charge in [0.2, 0.25) is 0 Å². The highest BCUT2D eigenvalue weighted by atomic mass is 19.1. The van der Waals surface area contributed by atoms with Crippen molar-refractivity contribution in [2.45, 2.75) is 26.8 Å². The molecule has 9 heteroatoms. The average molecular weight is 421 g/mol. The summed E-state index contributed by atoms with van der Waals surface area (Å²) in [7, 11) is 0. The Morgan fingerprint density at radius 2 is 2.06 bits per heavy atom. The molecule has 0 saturated carbocycles. The highest BCUT2D eigenvalue weighted by Crippen LogP contribution is 2.26. The van der Waals surface area contributed by atoms with E-state index >= 15 is 0 Å². The second kappa shape index (κ2) is 8.49. The lowest BCUT2D eigenvalue weighted by Gasteiger charge is -2.22. The van der Waals surface area contributed by atoms with Crippen molar-refractivity contribution in [2.75, 3.05) is 5.32 Å². The molecule has 0 unspecified atom stereocenters. The number of amidine groups is 1. The number of hydrogen-bond donors (Lipinski definition) is 3. The normalized spacial score (nSPS) is 13.2. The fraction of sp³-hybridized carbons (Fsp3) is 0.182. The van der Waals surface area contributed by atoms with Crippen LogP contribution >= 0.6 is 0 Å². The van der Waals surface area contributed by atoms with Gasteiger partial charge in [-0.1, -0.05) is 12.1 Å². The fourth-order valence-corrected chi connectivity index (χ4v) is 3.29. The van der Waals surface area contributed by atoms with Crippen LogP contribution in [-0.4, -0.2) is 32.8 Å². The SMILES string of the molecule is Cc1cc(F)c(C(=O)Nc2cccc(C3=NNNN3C(C)C)n2)cc1-c1cccnc1.[HH]. The first-order valence-corrected chi connectivity index (χ1v) is 9.81. The number of halogens is 1. The summed E-state index contributed by atoms with van der Waals surface area (Å²) in [6, 6.07) is 11.9. The maximum Gasteiger partial charge on any atom is 0.259 e. The van der Waals surface area contributed by atoms with Crippen LogP contribution in [0.25, 0.3) is 11.1 Å². The van der Waals surface area contributed by atoms with Crippen molar-refractivity contribution in [1.29, 1.82) is 0 Å². The van der Waals surface area contributed by atoms with Gasteiger partial charge in [-0.25, -0.2) is 14.9 Å². The number of nitrogens with one attached hydrogen (secondary N) is 3. The van der Waals surface area contributed by atoms with Crippen molar-refractivity contribution in [1.82, 2.24) is 26.0 Å². The number of hydrazine groups is 2. The van der Waals surface area contributed by atoms with Gasteiger partial charge in [0.15, 0.2) is 5.84 Å². The molecule has 1 aliphatic rings. The van der Waals surface area contributed by atoms with Gasteiger partial charge in [0.05, 0.1) is 5.56 Å². The molecule has 1 aliphatic heterocycles. The lowest BCUT2D eigenvalue weighted by Crippen LogP contribution is -2.45. The molecule has 3 N–H and O–H groups in total. The zero-order valence-electron chi connectivity index (χ0n) is 17.3. The summed E-state index contributed by atoms with van der Waals surface area (Å²) in [6.45, 7) is 5.80. The fourth-order valence-electron chi connectivity index (χ4n) is 3.29. The molecule has 3 aromatic rings. The van der Waals surface area contributed by atoms with Crippen LogP contribution in [0.4, 0.5) is 10.2 Å². The highest BCUT2D eigenvalue weighted by molar-refractivity contribution is 6.05. The Morgan fingerprint density at radius 1 is 1.23 bits per heavy atom.